The van der Waals surface area contributed by atoms with Gasteiger partial charge in [-0.2, -0.15) is 0 Å². The minimum atomic E-state index is 0.294. The van der Waals surface area contributed by atoms with E-state index in [-0.39, 0.29) is 0 Å². The SMILES string of the molecule is Oc1cccc2c1CCC2NCc1ccno1. The number of hydrogen-bond donors (Lipinski definition) is 2. The number of aromatic nitrogens is 1. The topological polar surface area (TPSA) is 58.3 Å². The van der Waals surface area contributed by atoms with Gasteiger partial charge in [0.15, 0.2) is 0 Å². The lowest BCUT2D eigenvalue weighted by atomic mass is 10.1. The number of nitrogens with zero attached hydrogens (tertiary/aromatic N) is 1. The molecule has 1 heterocycles. The molecule has 17 heavy (non-hydrogen) atoms. The van der Waals surface area contributed by atoms with Crippen LogP contribution < -0.4 is 5.32 Å². The summed E-state index contributed by atoms with van der Waals surface area (Å²) in [5.41, 5.74) is 2.27. The van der Waals surface area contributed by atoms with Crippen LogP contribution in [0.1, 0.15) is 29.3 Å². The number of nitrogens with one attached hydrogen (secondary N) is 1. The Morgan fingerprint density at radius 3 is 3.18 bits per heavy atom. The highest BCUT2D eigenvalue weighted by molar-refractivity contribution is 5.44. The van der Waals surface area contributed by atoms with Crippen LogP contribution >= 0.6 is 0 Å². The molecule has 0 amide bonds. The van der Waals surface area contributed by atoms with Gasteiger partial charge in [-0.15, -0.1) is 0 Å². The zero-order chi connectivity index (χ0) is 11.7. The zero-order valence-electron chi connectivity index (χ0n) is 9.39. The molecule has 1 aromatic heterocycles. The van der Waals surface area contributed by atoms with Crippen LogP contribution in [0.5, 0.6) is 5.75 Å². The molecule has 1 atom stereocenters. The first-order valence-corrected chi connectivity index (χ1v) is 5.78. The van der Waals surface area contributed by atoms with Crippen molar-refractivity contribution in [3.8, 4) is 5.75 Å². The first-order chi connectivity index (χ1) is 8.34. The quantitative estimate of drug-likeness (QED) is 0.848. The predicted molar refractivity (Wildman–Crippen MR) is 62.5 cm³/mol. The van der Waals surface area contributed by atoms with Gasteiger partial charge in [0.05, 0.1) is 12.7 Å². The van der Waals surface area contributed by atoms with Crippen LogP contribution in [0.15, 0.2) is 35.0 Å². The van der Waals surface area contributed by atoms with Gasteiger partial charge in [-0.3, -0.25) is 0 Å². The van der Waals surface area contributed by atoms with Crippen molar-refractivity contribution >= 4 is 0 Å². The molecule has 4 nitrogen and oxygen atoms in total. The highest BCUT2D eigenvalue weighted by Gasteiger charge is 2.24. The second-order valence-corrected chi connectivity index (χ2v) is 4.30. The van der Waals surface area contributed by atoms with E-state index in [0.29, 0.717) is 18.3 Å². The van der Waals surface area contributed by atoms with Crippen molar-refractivity contribution < 1.29 is 9.63 Å². The Kier molecular flexibility index (Phi) is 2.57. The molecular formula is C13H14N2O2. The summed E-state index contributed by atoms with van der Waals surface area (Å²) in [4.78, 5) is 0. The third kappa shape index (κ3) is 1.91. The number of aromatic hydroxyl groups is 1. The van der Waals surface area contributed by atoms with Crippen LogP contribution in [-0.4, -0.2) is 10.3 Å². The molecule has 0 fully saturated rings. The largest absolute Gasteiger partial charge is 0.508 e. The molecule has 0 saturated carbocycles. The fraction of sp³-hybridized carbons (Fsp3) is 0.308. The second kappa shape index (κ2) is 4.22. The van der Waals surface area contributed by atoms with E-state index in [1.165, 1.54) is 5.56 Å². The first-order valence-electron chi connectivity index (χ1n) is 5.78. The Bertz CT molecular complexity index is 508. The Balaban J connectivity index is 1.73. The highest BCUT2D eigenvalue weighted by Crippen LogP contribution is 2.36. The van der Waals surface area contributed by atoms with Crippen LogP contribution in [0.25, 0.3) is 0 Å². The molecule has 88 valence electrons. The van der Waals surface area contributed by atoms with Gasteiger partial charge in [0.25, 0.3) is 0 Å². The number of rotatable bonds is 3. The van der Waals surface area contributed by atoms with Crippen LogP contribution in [0, 0.1) is 0 Å². The van der Waals surface area contributed by atoms with Crippen molar-refractivity contribution in [2.24, 2.45) is 0 Å². The molecule has 0 spiro atoms. The molecular weight excluding hydrogens is 216 g/mol. The Labute approximate surface area is 99.3 Å². The molecule has 0 aliphatic heterocycles. The number of phenols is 1. The summed E-state index contributed by atoms with van der Waals surface area (Å²) in [6.07, 6.45) is 3.59. The van der Waals surface area contributed by atoms with Crippen molar-refractivity contribution in [1.82, 2.24) is 10.5 Å². The van der Waals surface area contributed by atoms with Gasteiger partial charge < -0.3 is 14.9 Å². The molecule has 1 aliphatic carbocycles. The Morgan fingerprint density at radius 1 is 1.41 bits per heavy atom. The van der Waals surface area contributed by atoms with Crippen LogP contribution in [0.3, 0.4) is 0 Å². The van der Waals surface area contributed by atoms with E-state index in [1.807, 2.05) is 12.1 Å². The molecule has 0 saturated heterocycles. The summed E-state index contributed by atoms with van der Waals surface area (Å²) in [5, 5.41) is 16.8. The molecule has 1 aromatic carbocycles. The maximum atomic E-state index is 9.75. The molecule has 1 aliphatic rings. The van der Waals surface area contributed by atoms with Gasteiger partial charge >= 0.3 is 0 Å². The number of hydrogen-bond acceptors (Lipinski definition) is 4. The van der Waals surface area contributed by atoms with Crippen molar-refractivity contribution in [2.75, 3.05) is 0 Å². The zero-order valence-corrected chi connectivity index (χ0v) is 9.39. The number of fused-ring (bicyclic) bond motifs is 1. The van der Waals surface area contributed by atoms with Gasteiger partial charge in [0.2, 0.25) is 0 Å². The smallest absolute Gasteiger partial charge is 0.150 e. The minimum Gasteiger partial charge on any atom is -0.508 e. The average molecular weight is 230 g/mol. The lowest BCUT2D eigenvalue weighted by molar-refractivity contribution is 0.363. The third-order valence-electron chi connectivity index (χ3n) is 3.26. The Morgan fingerprint density at radius 2 is 2.35 bits per heavy atom. The van der Waals surface area contributed by atoms with Crippen molar-refractivity contribution in [1.29, 1.82) is 0 Å². The standard InChI is InChI=1S/C13H14N2O2/c16-13-3-1-2-10-11(13)4-5-12(10)14-8-9-6-7-15-17-9/h1-3,6-7,12,14,16H,4-5,8H2. The monoisotopic (exact) mass is 230 g/mol. The van der Waals surface area contributed by atoms with Crippen LogP contribution in [0.4, 0.5) is 0 Å². The molecule has 1 unspecified atom stereocenters. The van der Waals surface area contributed by atoms with Gasteiger partial charge in [0.1, 0.15) is 11.5 Å². The summed E-state index contributed by atoms with van der Waals surface area (Å²) < 4.78 is 5.04. The van der Waals surface area contributed by atoms with E-state index in [4.69, 9.17) is 4.52 Å². The number of phenolic OH excluding ortho intramolecular Hbond substituents is 1. The van der Waals surface area contributed by atoms with Crippen LogP contribution in [0.2, 0.25) is 0 Å². The lowest BCUT2D eigenvalue weighted by Crippen LogP contribution is -2.18. The minimum absolute atomic E-state index is 0.294. The predicted octanol–water partition coefficient (Wildman–Crippen LogP) is 2.16. The summed E-state index contributed by atoms with van der Waals surface area (Å²) >= 11 is 0. The molecule has 0 radical (unpaired) electrons. The lowest BCUT2D eigenvalue weighted by Gasteiger charge is -2.12. The molecule has 3 rings (SSSR count). The van der Waals surface area contributed by atoms with Crippen molar-refractivity contribution in [3.63, 3.8) is 0 Å². The number of benzene rings is 1. The third-order valence-corrected chi connectivity index (χ3v) is 3.26. The molecule has 0 bridgehead atoms. The summed E-state index contributed by atoms with van der Waals surface area (Å²) in [6, 6.07) is 7.85. The second-order valence-electron chi connectivity index (χ2n) is 4.30. The van der Waals surface area contributed by atoms with Gasteiger partial charge in [-0.25, -0.2) is 0 Å². The molecule has 4 heteroatoms. The summed E-state index contributed by atoms with van der Waals surface area (Å²) in [6.45, 7) is 0.666. The van der Waals surface area contributed by atoms with Gasteiger partial charge in [-0.1, -0.05) is 17.3 Å². The highest BCUT2D eigenvalue weighted by atomic mass is 16.5. The maximum absolute atomic E-state index is 9.75. The van der Waals surface area contributed by atoms with E-state index in [2.05, 4.69) is 16.5 Å². The molecule has 2 aromatic rings. The van der Waals surface area contributed by atoms with E-state index in [1.54, 1.807) is 12.3 Å². The van der Waals surface area contributed by atoms with Crippen molar-refractivity contribution in [3.05, 3.63) is 47.3 Å². The maximum Gasteiger partial charge on any atom is 0.150 e. The Hall–Kier alpha value is -1.81. The normalized spacial score (nSPS) is 18.2. The van der Waals surface area contributed by atoms with Gasteiger partial charge in [0, 0.05) is 12.1 Å². The summed E-state index contributed by atoms with van der Waals surface area (Å²) in [7, 11) is 0. The van der Waals surface area contributed by atoms with E-state index in [9.17, 15) is 5.11 Å². The van der Waals surface area contributed by atoms with E-state index < -0.39 is 0 Å². The van der Waals surface area contributed by atoms with E-state index >= 15 is 0 Å². The fourth-order valence-corrected chi connectivity index (χ4v) is 2.40. The average Bonchev–Trinajstić information content (AvgIpc) is 2.95. The van der Waals surface area contributed by atoms with Crippen LogP contribution in [-0.2, 0) is 13.0 Å². The van der Waals surface area contributed by atoms with Crippen molar-refractivity contribution in [2.45, 2.75) is 25.4 Å². The fourth-order valence-electron chi connectivity index (χ4n) is 2.40. The van der Waals surface area contributed by atoms with Gasteiger partial charge in [-0.05, 0) is 30.0 Å². The van der Waals surface area contributed by atoms with E-state index in [0.717, 1.165) is 24.2 Å². The summed E-state index contributed by atoms with van der Waals surface area (Å²) in [5.74, 6) is 1.24. The first kappa shape index (κ1) is 10.4. The molecule has 2 N–H and O–H groups in total.